The zero-order chi connectivity index (χ0) is 19.3. The number of rotatable bonds is 6. The van der Waals surface area contributed by atoms with Gasteiger partial charge in [-0.15, -0.1) is 0 Å². The Balaban J connectivity index is 1.32. The molecule has 1 aromatic carbocycles. The second kappa shape index (κ2) is 9.14. The molecule has 3 heterocycles. The summed E-state index contributed by atoms with van der Waals surface area (Å²) in [5, 5.41) is 16.2. The first-order valence-corrected chi connectivity index (χ1v) is 10.9. The molecule has 3 aliphatic rings. The zero-order valence-corrected chi connectivity index (χ0v) is 16.9. The number of guanidine groups is 1. The Morgan fingerprint density at radius 3 is 2.57 bits per heavy atom. The quantitative estimate of drug-likeness (QED) is 0.517. The number of ether oxygens (including phenoxy) is 1. The zero-order valence-electron chi connectivity index (χ0n) is 16.9. The maximum absolute atomic E-state index is 9.30. The number of nitrogens with one attached hydrogen (secondary N) is 2. The lowest BCUT2D eigenvalue weighted by Crippen LogP contribution is -2.47. The van der Waals surface area contributed by atoms with Crippen molar-refractivity contribution in [3.05, 3.63) is 29.8 Å². The van der Waals surface area contributed by atoms with Crippen LogP contribution >= 0.6 is 0 Å². The molecule has 3 fully saturated rings. The summed E-state index contributed by atoms with van der Waals surface area (Å²) in [6.07, 6.45) is 6.42. The van der Waals surface area contributed by atoms with E-state index in [0.717, 1.165) is 44.9 Å². The highest BCUT2D eigenvalue weighted by molar-refractivity contribution is 5.80. The standard InChI is InChI=1S/C22H34N4O2/c1-2-23-22(25-20-13-19-7-8-21(20)28-19)24-14-16-3-5-18(6-4-16)26-11-9-17(15-27)10-12-26/h3-6,17,19-21,27H,2,7-15H2,1H3,(H2,23,24,25). The molecule has 6 heteroatoms. The molecule has 3 aliphatic heterocycles. The summed E-state index contributed by atoms with van der Waals surface area (Å²) < 4.78 is 5.95. The summed E-state index contributed by atoms with van der Waals surface area (Å²) in [5.74, 6) is 1.36. The lowest BCUT2D eigenvalue weighted by atomic mass is 9.96. The summed E-state index contributed by atoms with van der Waals surface area (Å²) in [6, 6.07) is 9.16. The Morgan fingerprint density at radius 1 is 1.18 bits per heavy atom. The maximum atomic E-state index is 9.30. The van der Waals surface area contributed by atoms with Gasteiger partial charge in [-0.3, -0.25) is 0 Å². The van der Waals surface area contributed by atoms with Crippen LogP contribution in [0.5, 0.6) is 0 Å². The van der Waals surface area contributed by atoms with Crippen molar-refractivity contribution in [3.8, 4) is 0 Å². The fraction of sp³-hybridized carbons (Fsp3) is 0.682. The minimum atomic E-state index is 0.321. The number of aliphatic hydroxyl groups excluding tert-OH is 1. The van der Waals surface area contributed by atoms with Crippen molar-refractivity contribution in [3.63, 3.8) is 0 Å². The Hall–Kier alpha value is -1.79. The number of benzene rings is 1. The third-order valence-electron chi connectivity index (χ3n) is 6.37. The van der Waals surface area contributed by atoms with Gasteiger partial charge in [0.25, 0.3) is 0 Å². The topological polar surface area (TPSA) is 69.1 Å². The molecule has 154 valence electrons. The van der Waals surface area contributed by atoms with E-state index < -0.39 is 0 Å². The average Bonchev–Trinajstić information content (AvgIpc) is 3.36. The summed E-state index contributed by atoms with van der Waals surface area (Å²) in [5.41, 5.74) is 2.49. The second-order valence-corrected chi connectivity index (χ2v) is 8.34. The Bertz CT molecular complexity index is 655. The van der Waals surface area contributed by atoms with Gasteiger partial charge in [-0.2, -0.15) is 0 Å². The number of aliphatic hydroxyl groups is 1. The molecule has 28 heavy (non-hydrogen) atoms. The Morgan fingerprint density at radius 2 is 1.96 bits per heavy atom. The van der Waals surface area contributed by atoms with E-state index in [1.807, 2.05) is 0 Å². The van der Waals surface area contributed by atoms with E-state index in [0.29, 0.717) is 37.3 Å². The SMILES string of the molecule is CCNC(=NCc1ccc(N2CCC(CO)CC2)cc1)NC1CC2CCC1O2. The van der Waals surface area contributed by atoms with E-state index >= 15 is 0 Å². The van der Waals surface area contributed by atoms with Crippen LogP contribution in [0, 0.1) is 5.92 Å². The molecule has 4 rings (SSSR count). The van der Waals surface area contributed by atoms with E-state index in [2.05, 4.69) is 46.7 Å². The van der Waals surface area contributed by atoms with Gasteiger partial charge in [0.05, 0.1) is 24.8 Å². The number of nitrogens with zero attached hydrogens (tertiary/aromatic N) is 2. The van der Waals surface area contributed by atoms with Crippen molar-refractivity contribution in [2.75, 3.05) is 31.1 Å². The van der Waals surface area contributed by atoms with E-state index in [1.54, 1.807) is 0 Å². The molecule has 0 amide bonds. The Labute approximate surface area is 168 Å². The summed E-state index contributed by atoms with van der Waals surface area (Å²) in [6.45, 7) is 6.01. The van der Waals surface area contributed by atoms with Gasteiger partial charge in [0.15, 0.2) is 5.96 Å². The van der Waals surface area contributed by atoms with Gasteiger partial charge in [-0.25, -0.2) is 4.99 Å². The lowest BCUT2D eigenvalue weighted by molar-refractivity contribution is 0.0992. The molecule has 3 saturated heterocycles. The molecular formula is C22H34N4O2. The molecule has 0 radical (unpaired) electrons. The van der Waals surface area contributed by atoms with Crippen LogP contribution in [0.4, 0.5) is 5.69 Å². The van der Waals surface area contributed by atoms with Gasteiger partial charge in [0.2, 0.25) is 0 Å². The fourth-order valence-corrected chi connectivity index (χ4v) is 4.64. The van der Waals surface area contributed by atoms with E-state index in [1.165, 1.54) is 24.1 Å². The van der Waals surface area contributed by atoms with Crippen LogP contribution in [0.25, 0.3) is 0 Å². The molecular weight excluding hydrogens is 352 g/mol. The number of piperidine rings is 1. The minimum absolute atomic E-state index is 0.321. The second-order valence-electron chi connectivity index (χ2n) is 8.34. The third kappa shape index (κ3) is 4.61. The highest BCUT2D eigenvalue weighted by Gasteiger charge is 2.41. The number of aliphatic imine (C=N–C) groups is 1. The van der Waals surface area contributed by atoms with Crippen molar-refractivity contribution >= 4 is 11.6 Å². The molecule has 0 aliphatic carbocycles. The van der Waals surface area contributed by atoms with Crippen molar-refractivity contribution < 1.29 is 9.84 Å². The van der Waals surface area contributed by atoms with Crippen LogP contribution < -0.4 is 15.5 Å². The Kier molecular flexibility index (Phi) is 6.37. The maximum Gasteiger partial charge on any atom is 0.191 e. The fourth-order valence-electron chi connectivity index (χ4n) is 4.64. The van der Waals surface area contributed by atoms with Crippen LogP contribution in [0.3, 0.4) is 0 Å². The van der Waals surface area contributed by atoms with Gasteiger partial charge in [-0.1, -0.05) is 12.1 Å². The number of hydrogen-bond donors (Lipinski definition) is 3. The molecule has 3 atom stereocenters. The minimum Gasteiger partial charge on any atom is -0.396 e. The number of anilines is 1. The van der Waals surface area contributed by atoms with Crippen molar-refractivity contribution in [1.82, 2.24) is 10.6 Å². The molecule has 3 unspecified atom stereocenters. The highest BCUT2D eigenvalue weighted by atomic mass is 16.5. The van der Waals surface area contributed by atoms with E-state index in [9.17, 15) is 5.11 Å². The van der Waals surface area contributed by atoms with Crippen molar-refractivity contribution in [1.29, 1.82) is 0 Å². The van der Waals surface area contributed by atoms with Gasteiger partial charge >= 0.3 is 0 Å². The van der Waals surface area contributed by atoms with E-state index in [-0.39, 0.29) is 0 Å². The number of fused-ring (bicyclic) bond motifs is 2. The van der Waals surface area contributed by atoms with Gasteiger partial charge in [0, 0.05) is 31.9 Å². The summed E-state index contributed by atoms with van der Waals surface area (Å²) >= 11 is 0. The van der Waals surface area contributed by atoms with Crippen LogP contribution in [0.1, 0.15) is 44.6 Å². The van der Waals surface area contributed by atoms with Gasteiger partial charge < -0.3 is 25.4 Å². The first-order chi connectivity index (χ1) is 13.7. The molecule has 0 saturated carbocycles. The summed E-state index contributed by atoms with van der Waals surface area (Å²) in [7, 11) is 0. The van der Waals surface area contributed by atoms with Crippen molar-refractivity contribution in [2.45, 2.75) is 63.8 Å². The predicted molar refractivity (Wildman–Crippen MR) is 113 cm³/mol. The average molecular weight is 387 g/mol. The summed E-state index contributed by atoms with van der Waals surface area (Å²) in [4.78, 5) is 7.21. The van der Waals surface area contributed by atoms with Crippen molar-refractivity contribution in [2.24, 2.45) is 10.9 Å². The van der Waals surface area contributed by atoms with E-state index in [4.69, 9.17) is 9.73 Å². The lowest BCUT2D eigenvalue weighted by Gasteiger charge is -2.32. The van der Waals surface area contributed by atoms with Crippen LogP contribution in [-0.4, -0.2) is 55.6 Å². The third-order valence-corrected chi connectivity index (χ3v) is 6.37. The first-order valence-electron chi connectivity index (χ1n) is 10.9. The van der Waals surface area contributed by atoms with Crippen LogP contribution in [-0.2, 0) is 11.3 Å². The predicted octanol–water partition coefficient (Wildman–Crippen LogP) is 2.27. The van der Waals surface area contributed by atoms with Gasteiger partial charge in [0.1, 0.15) is 0 Å². The smallest absolute Gasteiger partial charge is 0.191 e. The normalized spacial score (nSPS) is 28.0. The molecule has 6 nitrogen and oxygen atoms in total. The molecule has 1 aromatic rings. The first kappa shape index (κ1) is 19.5. The largest absolute Gasteiger partial charge is 0.396 e. The highest BCUT2D eigenvalue weighted by Crippen LogP contribution is 2.34. The molecule has 0 spiro atoms. The van der Waals surface area contributed by atoms with Crippen LogP contribution in [0.2, 0.25) is 0 Å². The monoisotopic (exact) mass is 386 g/mol. The number of hydrogen-bond acceptors (Lipinski definition) is 4. The van der Waals surface area contributed by atoms with Crippen LogP contribution in [0.15, 0.2) is 29.3 Å². The molecule has 0 aromatic heterocycles. The van der Waals surface area contributed by atoms with Gasteiger partial charge in [-0.05, 0) is 62.6 Å². The molecule has 2 bridgehead atoms. The molecule has 3 N–H and O–H groups in total.